The number of Topliss-reactive ketones (excluding diaryl/α,β-unsaturated/α-hetero) is 1. The summed E-state index contributed by atoms with van der Waals surface area (Å²) in [5.41, 5.74) is 1.29. The lowest BCUT2D eigenvalue weighted by Crippen LogP contribution is -2.39. The molecule has 7 nitrogen and oxygen atoms in total. The van der Waals surface area contributed by atoms with Gasteiger partial charge in [-0.3, -0.25) is 14.3 Å². The lowest BCUT2D eigenvalue weighted by atomic mass is 9.64. The second-order valence-electron chi connectivity index (χ2n) is 9.83. The van der Waals surface area contributed by atoms with Crippen LogP contribution in [-0.4, -0.2) is 45.1 Å². The van der Waals surface area contributed by atoms with E-state index in [-0.39, 0.29) is 29.7 Å². The minimum atomic E-state index is -4.38. The number of carbonyl (C=O) groups is 2. The number of fused-ring (bicyclic) bond motifs is 2. The van der Waals surface area contributed by atoms with Crippen LogP contribution in [0.3, 0.4) is 0 Å². The number of amides is 1. The Morgan fingerprint density at radius 2 is 1.83 bits per heavy atom. The molecular weight excluding hydrogens is 476 g/mol. The van der Waals surface area contributed by atoms with Crippen molar-refractivity contribution in [3.8, 4) is 0 Å². The summed E-state index contributed by atoms with van der Waals surface area (Å²) in [6.07, 6.45) is 3.83. The van der Waals surface area contributed by atoms with Gasteiger partial charge in [-0.15, -0.1) is 0 Å². The van der Waals surface area contributed by atoms with Gasteiger partial charge in [0.05, 0.1) is 11.1 Å². The summed E-state index contributed by atoms with van der Waals surface area (Å²) in [4.78, 5) is 27.5. The summed E-state index contributed by atoms with van der Waals surface area (Å²) in [7, 11) is -2.38. The number of nitrogens with one attached hydrogen (secondary N) is 2. The van der Waals surface area contributed by atoms with Gasteiger partial charge in [0.2, 0.25) is 5.91 Å². The average molecular weight is 504 g/mol. The fraction of sp³-hybridized carbons (Fsp3) is 0.440. The first-order valence-electron chi connectivity index (χ1n) is 11.8. The van der Waals surface area contributed by atoms with Gasteiger partial charge in [-0.05, 0) is 81.2 Å². The minimum absolute atomic E-state index is 0.0677. The lowest BCUT2D eigenvalue weighted by molar-refractivity contribution is -0.125. The summed E-state index contributed by atoms with van der Waals surface area (Å²) >= 11 is 0. The molecule has 2 fully saturated rings. The Kier molecular flexibility index (Phi) is 5.91. The third-order valence-electron chi connectivity index (χ3n) is 7.63. The molecule has 0 aromatic heterocycles. The van der Waals surface area contributed by atoms with E-state index >= 15 is 0 Å². The molecule has 1 amide bonds. The molecule has 2 aromatic rings. The Labute approximate surface area is 202 Å². The maximum Gasteiger partial charge on any atom is 0.264 e. The van der Waals surface area contributed by atoms with E-state index in [0.29, 0.717) is 48.6 Å². The number of ketones is 1. The molecule has 1 aliphatic heterocycles. The number of carbonyl (C=O) groups excluding carboxylic acids is 2. The Hall–Kier alpha value is -2.85. The van der Waals surface area contributed by atoms with E-state index in [1.807, 2.05) is 7.05 Å². The molecule has 186 valence electrons. The summed E-state index contributed by atoms with van der Waals surface area (Å²) in [6.45, 7) is 1.61. The molecule has 1 heterocycles. The number of halogens is 2. The molecule has 10 heteroatoms. The highest BCUT2D eigenvalue weighted by Crippen LogP contribution is 2.53. The molecule has 2 N–H and O–H groups in total. The van der Waals surface area contributed by atoms with Crippen molar-refractivity contribution in [1.82, 2.24) is 4.90 Å². The van der Waals surface area contributed by atoms with E-state index in [1.165, 1.54) is 6.07 Å². The van der Waals surface area contributed by atoms with Gasteiger partial charge >= 0.3 is 0 Å². The first kappa shape index (κ1) is 23.9. The van der Waals surface area contributed by atoms with E-state index in [2.05, 4.69) is 14.9 Å². The Bertz CT molecular complexity index is 1320. The zero-order valence-corrected chi connectivity index (χ0v) is 20.2. The highest BCUT2D eigenvalue weighted by atomic mass is 32.2. The van der Waals surface area contributed by atoms with Crippen LogP contribution in [0.25, 0.3) is 0 Å². The van der Waals surface area contributed by atoms with Crippen molar-refractivity contribution in [2.75, 3.05) is 30.2 Å². The van der Waals surface area contributed by atoms with Crippen molar-refractivity contribution >= 4 is 33.1 Å². The highest BCUT2D eigenvalue weighted by molar-refractivity contribution is 7.92. The predicted octanol–water partition coefficient (Wildman–Crippen LogP) is 3.59. The predicted molar refractivity (Wildman–Crippen MR) is 127 cm³/mol. The molecule has 2 aromatic carbocycles. The highest BCUT2D eigenvalue weighted by Gasteiger charge is 2.51. The molecule has 0 radical (unpaired) electrons. The average Bonchev–Trinajstić information content (AvgIpc) is 3.06. The molecule has 2 aliphatic carbocycles. The molecule has 0 unspecified atom stereocenters. The van der Waals surface area contributed by atoms with Gasteiger partial charge < -0.3 is 10.2 Å². The fourth-order valence-electron chi connectivity index (χ4n) is 5.43. The number of hydrogen-bond donors (Lipinski definition) is 2. The number of anilines is 2. The van der Waals surface area contributed by atoms with Crippen molar-refractivity contribution in [2.45, 2.75) is 48.8 Å². The monoisotopic (exact) mass is 503 g/mol. The van der Waals surface area contributed by atoms with Crippen LogP contribution in [0, 0.1) is 17.6 Å². The third-order valence-corrected chi connectivity index (χ3v) is 9.04. The van der Waals surface area contributed by atoms with Gasteiger partial charge in [0, 0.05) is 24.1 Å². The third kappa shape index (κ3) is 4.23. The fourth-order valence-corrected chi connectivity index (χ4v) is 6.53. The quantitative estimate of drug-likeness (QED) is 0.650. The summed E-state index contributed by atoms with van der Waals surface area (Å²) < 4.78 is 55.7. The zero-order chi connectivity index (χ0) is 25.0. The van der Waals surface area contributed by atoms with Crippen molar-refractivity contribution in [1.29, 1.82) is 0 Å². The number of rotatable bonds is 5. The Balaban J connectivity index is 1.50. The lowest BCUT2D eigenvalue weighted by Gasteiger charge is -2.38. The van der Waals surface area contributed by atoms with Crippen LogP contribution in [-0.2, 0) is 31.4 Å². The van der Waals surface area contributed by atoms with Crippen LogP contribution in [0.2, 0.25) is 0 Å². The number of piperidine rings is 1. The van der Waals surface area contributed by atoms with Gasteiger partial charge in [0.15, 0.2) is 0 Å². The van der Waals surface area contributed by atoms with Gasteiger partial charge in [0.25, 0.3) is 10.0 Å². The van der Waals surface area contributed by atoms with E-state index in [9.17, 15) is 26.8 Å². The first-order chi connectivity index (χ1) is 16.6. The van der Waals surface area contributed by atoms with Gasteiger partial charge in [-0.25, -0.2) is 17.2 Å². The summed E-state index contributed by atoms with van der Waals surface area (Å²) in [5.74, 6) is -2.36. The van der Waals surface area contributed by atoms with Crippen LogP contribution < -0.4 is 10.0 Å². The van der Waals surface area contributed by atoms with E-state index < -0.39 is 32.0 Å². The van der Waals surface area contributed by atoms with E-state index in [4.69, 9.17) is 0 Å². The van der Waals surface area contributed by atoms with Gasteiger partial charge in [0.1, 0.15) is 22.3 Å². The first-order valence-corrected chi connectivity index (χ1v) is 13.3. The standard InChI is InChI=1S/C25H27F2N3O4S/c1-30-9-5-15(6-10-30)24(32)28-21-13-17(12-19-18(21)14-23(31)25(19)7-2-8-25)29-35(33,34)22-4-3-16(26)11-20(22)27/h3-4,11-13,15,29H,2,5-10,14H2,1H3,(H,28,32). The normalized spacial score (nSPS) is 19.9. The second-order valence-corrected chi connectivity index (χ2v) is 11.5. The molecule has 1 spiro atoms. The molecule has 1 saturated heterocycles. The minimum Gasteiger partial charge on any atom is -0.325 e. The van der Waals surface area contributed by atoms with Crippen molar-refractivity contribution < 1.29 is 26.8 Å². The van der Waals surface area contributed by atoms with Crippen LogP contribution >= 0.6 is 0 Å². The molecule has 3 aliphatic rings. The Morgan fingerprint density at radius 1 is 1.11 bits per heavy atom. The molecule has 35 heavy (non-hydrogen) atoms. The van der Waals surface area contributed by atoms with E-state index in [1.54, 1.807) is 6.07 Å². The van der Waals surface area contributed by atoms with Crippen LogP contribution in [0.15, 0.2) is 35.2 Å². The largest absolute Gasteiger partial charge is 0.325 e. The molecule has 1 saturated carbocycles. The van der Waals surface area contributed by atoms with Crippen molar-refractivity contribution in [2.24, 2.45) is 5.92 Å². The molecule has 0 bridgehead atoms. The number of sulfonamides is 1. The number of benzene rings is 2. The Morgan fingerprint density at radius 3 is 2.46 bits per heavy atom. The van der Waals surface area contributed by atoms with Gasteiger partial charge in [-0.2, -0.15) is 0 Å². The maximum atomic E-state index is 14.2. The second kappa shape index (κ2) is 8.67. The maximum absolute atomic E-state index is 14.2. The number of nitrogens with zero attached hydrogens (tertiary/aromatic N) is 1. The molecule has 0 atom stereocenters. The number of hydrogen-bond acceptors (Lipinski definition) is 5. The smallest absolute Gasteiger partial charge is 0.264 e. The van der Waals surface area contributed by atoms with Crippen LogP contribution in [0.1, 0.15) is 43.2 Å². The van der Waals surface area contributed by atoms with Crippen molar-refractivity contribution in [3.63, 3.8) is 0 Å². The van der Waals surface area contributed by atoms with Crippen molar-refractivity contribution in [3.05, 3.63) is 53.1 Å². The summed E-state index contributed by atoms with van der Waals surface area (Å²) in [5, 5.41) is 2.95. The van der Waals surface area contributed by atoms with E-state index in [0.717, 1.165) is 31.6 Å². The molecule has 5 rings (SSSR count). The van der Waals surface area contributed by atoms with Crippen LogP contribution in [0.5, 0.6) is 0 Å². The SMILES string of the molecule is CN1CCC(C(=O)Nc2cc(NS(=O)(=O)c3ccc(F)cc3F)cc3c2CC(=O)C32CCC2)CC1. The topological polar surface area (TPSA) is 95.6 Å². The zero-order valence-electron chi connectivity index (χ0n) is 19.4. The molecular formula is C25H27F2N3O4S. The van der Waals surface area contributed by atoms with Crippen LogP contribution in [0.4, 0.5) is 20.2 Å². The summed E-state index contributed by atoms with van der Waals surface area (Å²) in [6, 6.07) is 5.33. The number of likely N-dealkylation sites (tertiary alicyclic amines) is 1. The van der Waals surface area contributed by atoms with Gasteiger partial charge in [-0.1, -0.05) is 6.42 Å².